The molecule has 1 fully saturated rings. The Morgan fingerprint density at radius 1 is 0.938 bits per heavy atom. The van der Waals surface area contributed by atoms with E-state index >= 15 is 0 Å². The van der Waals surface area contributed by atoms with Gasteiger partial charge >= 0.3 is 0 Å². The van der Waals surface area contributed by atoms with Crippen molar-refractivity contribution in [2.24, 2.45) is 11.1 Å². The average molecular weight is 226 g/mol. The molecule has 2 atom stereocenters. The quantitative estimate of drug-likeness (QED) is 0.784. The third kappa shape index (κ3) is 4.06. The normalized spacial score (nSPS) is 24.6. The number of likely N-dealkylation sites (tertiary alicyclic amines) is 1. The first kappa shape index (κ1) is 14.0. The molecule has 0 aliphatic carbocycles. The maximum absolute atomic E-state index is 6.20. The Labute approximate surface area is 102 Å². The molecule has 1 saturated heterocycles. The molecule has 0 aromatic carbocycles. The maximum atomic E-state index is 6.20. The Hall–Kier alpha value is -0.0800. The van der Waals surface area contributed by atoms with Crippen molar-refractivity contribution in [2.75, 3.05) is 13.1 Å². The summed E-state index contributed by atoms with van der Waals surface area (Å²) in [5.74, 6) is 0. The van der Waals surface area contributed by atoms with Crippen LogP contribution in [-0.4, -0.2) is 30.1 Å². The first-order valence-corrected chi connectivity index (χ1v) is 6.92. The van der Waals surface area contributed by atoms with E-state index in [2.05, 4.69) is 32.6 Å². The highest BCUT2D eigenvalue weighted by Crippen LogP contribution is 2.28. The third-order valence-electron chi connectivity index (χ3n) is 3.67. The summed E-state index contributed by atoms with van der Waals surface area (Å²) in [5.41, 5.74) is 6.49. The summed E-state index contributed by atoms with van der Waals surface area (Å²) in [6.07, 6.45) is 6.91. The van der Waals surface area contributed by atoms with E-state index in [-0.39, 0.29) is 11.5 Å². The summed E-state index contributed by atoms with van der Waals surface area (Å²) < 4.78 is 0. The molecule has 1 aliphatic heterocycles. The summed E-state index contributed by atoms with van der Waals surface area (Å²) in [7, 11) is 0. The van der Waals surface area contributed by atoms with Gasteiger partial charge in [0.15, 0.2) is 0 Å². The van der Waals surface area contributed by atoms with E-state index < -0.39 is 0 Å². The lowest BCUT2D eigenvalue weighted by Gasteiger charge is -2.43. The average Bonchev–Trinajstić information content (AvgIpc) is 2.05. The van der Waals surface area contributed by atoms with E-state index in [0.29, 0.717) is 6.04 Å². The molecular formula is C14H30N2. The number of nitrogens with two attached hydrogens (primary N) is 1. The van der Waals surface area contributed by atoms with Crippen LogP contribution in [-0.2, 0) is 0 Å². The van der Waals surface area contributed by atoms with Gasteiger partial charge < -0.3 is 5.73 Å². The van der Waals surface area contributed by atoms with Gasteiger partial charge in [-0.05, 0) is 38.3 Å². The monoisotopic (exact) mass is 226 g/mol. The van der Waals surface area contributed by atoms with Crippen molar-refractivity contribution in [1.82, 2.24) is 4.90 Å². The van der Waals surface area contributed by atoms with Crippen LogP contribution in [0.5, 0.6) is 0 Å². The van der Waals surface area contributed by atoms with Gasteiger partial charge in [-0.3, -0.25) is 4.90 Å². The van der Waals surface area contributed by atoms with Gasteiger partial charge in [-0.15, -0.1) is 0 Å². The van der Waals surface area contributed by atoms with Gasteiger partial charge in [0.05, 0.1) is 0 Å². The lowest BCUT2D eigenvalue weighted by atomic mass is 9.81. The van der Waals surface area contributed by atoms with Gasteiger partial charge in [0, 0.05) is 12.1 Å². The van der Waals surface area contributed by atoms with E-state index in [1.54, 1.807) is 0 Å². The number of hydrogen-bond donors (Lipinski definition) is 1. The highest BCUT2D eigenvalue weighted by molar-refractivity contribution is 4.89. The fourth-order valence-corrected chi connectivity index (χ4v) is 3.22. The van der Waals surface area contributed by atoms with Crippen LogP contribution in [0.15, 0.2) is 0 Å². The Morgan fingerprint density at radius 2 is 1.38 bits per heavy atom. The molecule has 96 valence electrons. The fraction of sp³-hybridized carbons (Fsp3) is 1.00. The Kier molecular flexibility index (Phi) is 5.26. The topological polar surface area (TPSA) is 29.3 Å². The molecule has 2 heteroatoms. The van der Waals surface area contributed by atoms with Gasteiger partial charge in [-0.1, -0.05) is 40.0 Å². The van der Waals surface area contributed by atoms with Gasteiger partial charge in [0.2, 0.25) is 0 Å². The molecule has 0 amide bonds. The molecule has 1 heterocycles. The minimum Gasteiger partial charge on any atom is -0.327 e. The fourth-order valence-electron chi connectivity index (χ4n) is 3.22. The molecule has 2 N–H and O–H groups in total. The first-order valence-electron chi connectivity index (χ1n) is 6.92. The molecule has 0 aromatic heterocycles. The standard InChI is InChI=1S/C14H30N2/c1-12(15)13(14(2,3)4)16-10-8-6-5-7-9-11-16/h12-13H,5-11,15H2,1-4H3. The highest BCUT2D eigenvalue weighted by Gasteiger charge is 2.32. The number of rotatable bonds is 2. The molecule has 0 bridgehead atoms. The van der Waals surface area contributed by atoms with Crippen LogP contribution < -0.4 is 5.73 Å². The summed E-state index contributed by atoms with van der Waals surface area (Å²) >= 11 is 0. The van der Waals surface area contributed by atoms with Crippen LogP contribution >= 0.6 is 0 Å². The van der Waals surface area contributed by atoms with Crippen molar-refractivity contribution in [3.05, 3.63) is 0 Å². The zero-order chi connectivity index (χ0) is 12.2. The molecule has 0 aromatic rings. The minimum absolute atomic E-state index is 0.263. The summed E-state index contributed by atoms with van der Waals surface area (Å²) in [4.78, 5) is 2.64. The van der Waals surface area contributed by atoms with Crippen LogP contribution in [0.25, 0.3) is 0 Å². The molecule has 0 saturated carbocycles. The van der Waals surface area contributed by atoms with Gasteiger partial charge in [0.25, 0.3) is 0 Å². The summed E-state index contributed by atoms with van der Waals surface area (Å²) in [6.45, 7) is 11.6. The second kappa shape index (κ2) is 6.02. The predicted octanol–water partition coefficient (Wildman–Crippen LogP) is 3.01. The van der Waals surface area contributed by atoms with E-state index in [0.717, 1.165) is 0 Å². The SMILES string of the molecule is CC(N)C(N1CCCCCCC1)C(C)(C)C. The van der Waals surface area contributed by atoms with Gasteiger partial charge in [-0.25, -0.2) is 0 Å². The van der Waals surface area contributed by atoms with Crippen molar-refractivity contribution < 1.29 is 0 Å². The van der Waals surface area contributed by atoms with Crippen molar-refractivity contribution in [3.63, 3.8) is 0 Å². The third-order valence-corrected chi connectivity index (χ3v) is 3.67. The molecular weight excluding hydrogens is 196 g/mol. The van der Waals surface area contributed by atoms with E-state index in [1.165, 1.54) is 45.2 Å². The van der Waals surface area contributed by atoms with Crippen LogP contribution in [0, 0.1) is 5.41 Å². The molecule has 0 radical (unpaired) electrons. The molecule has 1 rings (SSSR count). The first-order chi connectivity index (χ1) is 7.43. The van der Waals surface area contributed by atoms with E-state index in [9.17, 15) is 0 Å². The zero-order valence-corrected chi connectivity index (χ0v) is 11.6. The Morgan fingerprint density at radius 3 is 1.75 bits per heavy atom. The van der Waals surface area contributed by atoms with Gasteiger partial charge in [0.1, 0.15) is 0 Å². The number of nitrogens with zero attached hydrogens (tertiary/aromatic N) is 1. The van der Waals surface area contributed by atoms with Crippen molar-refractivity contribution >= 4 is 0 Å². The molecule has 2 unspecified atom stereocenters. The lowest BCUT2D eigenvalue weighted by molar-refractivity contribution is 0.0743. The summed E-state index contributed by atoms with van der Waals surface area (Å²) in [6, 6.07) is 0.782. The Balaban J connectivity index is 2.67. The second-order valence-corrected chi connectivity index (χ2v) is 6.47. The van der Waals surface area contributed by atoms with E-state index in [1.807, 2.05) is 0 Å². The van der Waals surface area contributed by atoms with Gasteiger partial charge in [-0.2, -0.15) is 0 Å². The number of hydrogen-bond acceptors (Lipinski definition) is 2. The van der Waals surface area contributed by atoms with Crippen molar-refractivity contribution in [3.8, 4) is 0 Å². The predicted molar refractivity (Wildman–Crippen MR) is 71.6 cm³/mol. The van der Waals surface area contributed by atoms with Crippen LogP contribution in [0.1, 0.15) is 59.8 Å². The van der Waals surface area contributed by atoms with Crippen molar-refractivity contribution in [2.45, 2.75) is 71.9 Å². The van der Waals surface area contributed by atoms with E-state index in [4.69, 9.17) is 5.73 Å². The molecule has 1 aliphatic rings. The van der Waals surface area contributed by atoms with Crippen LogP contribution in [0.2, 0.25) is 0 Å². The molecule has 2 nitrogen and oxygen atoms in total. The smallest absolute Gasteiger partial charge is 0.0292 e. The lowest BCUT2D eigenvalue weighted by Crippen LogP contribution is -2.54. The molecule has 0 spiro atoms. The maximum Gasteiger partial charge on any atom is 0.0292 e. The van der Waals surface area contributed by atoms with Crippen molar-refractivity contribution in [1.29, 1.82) is 0 Å². The largest absolute Gasteiger partial charge is 0.327 e. The highest BCUT2D eigenvalue weighted by atomic mass is 15.2. The minimum atomic E-state index is 0.263. The van der Waals surface area contributed by atoms with Crippen LogP contribution in [0.3, 0.4) is 0 Å². The molecule has 16 heavy (non-hydrogen) atoms. The second-order valence-electron chi connectivity index (χ2n) is 6.47. The Bertz CT molecular complexity index is 185. The zero-order valence-electron chi connectivity index (χ0n) is 11.6. The summed E-state index contributed by atoms with van der Waals surface area (Å²) in [5, 5.41) is 0. The van der Waals surface area contributed by atoms with Crippen LogP contribution in [0.4, 0.5) is 0 Å².